The van der Waals surface area contributed by atoms with Crippen LogP contribution in [-0.2, 0) is 13.6 Å². The van der Waals surface area contributed by atoms with Crippen molar-refractivity contribution in [1.82, 2.24) is 19.8 Å². The van der Waals surface area contributed by atoms with Gasteiger partial charge in [0.1, 0.15) is 5.82 Å². The second-order valence-corrected chi connectivity index (χ2v) is 5.86. The highest BCUT2D eigenvalue weighted by Gasteiger charge is 2.15. The second-order valence-electron chi connectivity index (χ2n) is 5.86. The zero-order valence-electron chi connectivity index (χ0n) is 13.2. The van der Waals surface area contributed by atoms with Crippen LogP contribution in [0.2, 0.25) is 0 Å². The molecule has 0 radical (unpaired) electrons. The average molecular weight is 266 g/mol. The number of rotatable bonds is 9. The summed E-state index contributed by atoms with van der Waals surface area (Å²) in [5, 5.41) is 3.58. The summed E-state index contributed by atoms with van der Waals surface area (Å²) in [5.41, 5.74) is 0. The van der Waals surface area contributed by atoms with Crippen molar-refractivity contribution in [3.05, 3.63) is 18.2 Å². The molecule has 1 heterocycles. The van der Waals surface area contributed by atoms with Crippen LogP contribution in [0.5, 0.6) is 0 Å². The van der Waals surface area contributed by atoms with E-state index in [1.807, 2.05) is 12.4 Å². The molecule has 1 rings (SSSR count). The van der Waals surface area contributed by atoms with Crippen LogP contribution in [0.3, 0.4) is 0 Å². The smallest absolute Gasteiger partial charge is 0.122 e. The van der Waals surface area contributed by atoms with E-state index in [-0.39, 0.29) is 0 Å². The van der Waals surface area contributed by atoms with Gasteiger partial charge in [0.2, 0.25) is 0 Å². The van der Waals surface area contributed by atoms with Crippen molar-refractivity contribution in [3.8, 4) is 0 Å². The van der Waals surface area contributed by atoms with Crippen LogP contribution in [0.1, 0.15) is 39.4 Å². The zero-order valence-corrected chi connectivity index (χ0v) is 13.2. The van der Waals surface area contributed by atoms with Gasteiger partial charge in [0.05, 0.1) is 6.54 Å². The Balaban J connectivity index is 2.47. The molecule has 1 atom stereocenters. The number of hydrogen-bond donors (Lipinski definition) is 1. The second kappa shape index (κ2) is 8.33. The molecule has 1 unspecified atom stereocenters. The number of aryl methyl sites for hydroxylation is 1. The number of nitrogens with zero attached hydrogens (tertiary/aromatic N) is 3. The van der Waals surface area contributed by atoms with Crippen molar-refractivity contribution < 1.29 is 0 Å². The summed E-state index contributed by atoms with van der Waals surface area (Å²) in [6.45, 7) is 9.82. The minimum Gasteiger partial charge on any atom is -0.337 e. The highest BCUT2D eigenvalue weighted by Crippen LogP contribution is 2.08. The molecule has 0 saturated heterocycles. The van der Waals surface area contributed by atoms with Crippen LogP contribution in [0.4, 0.5) is 0 Å². The Morgan fingerprint density at radius 1 is 1.37 bits per heavy atom. The fourth-order valence-electron chi connectivity index (χ4n) is 2.25. The first-order valence-electron chi connectivity index (χ1n) is 7.41. The molecular weight excluding hydrogens is 236 g/mol. The van der Waals surface area contributed by atoms with Crippen LogP contribution in [0, 0.1) is 5.92 Å². The quantitative estimate of drug-likeness (QED) is 0.744. The van der Waals surface area contributed by atoms with Gasteiger partial charge >= 0.3 is 0 Å². The van der Waals surface area contributed by atoms with E-state index in [1.54, 1.807) is 0 Å². The molecule has 19 heavy (non-hydrogen) atoms. The van der Waals surface area contributed by atoms with Gasteiger partial charge in [-0.1, -0.05) is 27.2 Å². The van der Waals surface area contributed by atoms with Gasteiger partial charge in [0, 0.05) is 32.0 Å². The highest BCUT2D eigenvalue weighted by atomic mass is 15.2. The maximum Gasteiger partial charge on any atom is 0.122 e. The molecule has 4 nitrogen and oxygen atoms in total. The zero-order chi connectivity index (χ0) is 14.3. The average Bonchev–Trinajstić information content (AvgIpc) is 2.73. The first-order chi connectivity index (χ1) is 9.04. The molecule has 0 amide bonds. The van der Waals surface area contributed by atoms with Crippen LogP contribution in [-0.4, -0.2) is 40.6 Å². The van der Waals surface area contributed by atoms with Gasteiger partial charge in [-0.05, 0) is 25.9 Å². The maximum atomic E-state index is 4.41. The Bertz CT molecular complexity index is 346. The Morgan fingerprint density at radius 3 is 2.63 bits per heavy atom. The fourth-order valence-corrected chi connectivity index (χ4v) is 2.25. The lowest BCUT2D eigenvalue weighted by atomic mass is 10.1. The van der Waals surface area contributed by atoms with E-state index in [0.29, 0.717) is 12.0 Å². The lowest BCUT2D eigenvalue weighted by molar-refractivity contribution is 0.207. The molecule has 0 fully saturated rings. The van der Waals surface area contributed by atoms with E-state index in [1.165, 1.54) is 12.8 Å². The maximum absolute atomic E-state index is 4.41. The predicted molar refractivity (Wildman–Crippen MR) is 81.1 cm³/mol. The number of imidazole rings is 1. The van der Waals surface area contributed by atoms with Crippen molar-refractivity contribution >= 4 is 0 Å². The summed E-state index contributed by atoms with van der Waals surface area (Å²) in [6.07, 6.45) is 6.33. The molecule has 0 aliphatic carbocycles. The van der Waals surface area contributed by atoms with Gasteiger partial charge in [0.15, 0.2) is 0 Å². The minimum atomic E-state index is 0.584. The number of hydrogen-bond acceptors (Lipinski definition) is 3. The van der Waals surface area contributed by atoms with E-state index < -0.39 is 0 Å². The van der Waals surface area contributed by atoms with Crippen molar-refractivity contribution in [1.29, 1.82) is 0 Å². The van der Waals surface area contributed by atoms with Gasteiger partial charge in [-0.2, -0.15) is 0 Å². The van der Waals surface area contributed by atoms with Crippen molar-refractivity contribution in [2.24, 2.45) is 13.0 Å². The Morgan fingerprint density at radius 2 is 2.11 bits per heavy atom. The Kier molecular flexibility index (Phi) is 7.10. The van der Waals surface area contributed by atoms with Crippen LogP contribution < -0.4 is 5.32 Å². The monoisotopic (exact) mass is 266 g/mol. The third-order valence-corrected chi connectivity index (χ3v) is 3.49. The highest BCUT2D eigenvalue weighted by molar-refractivity contribution is 4.91. The van der Waals surface area contributed by atoms with Gasteiger partial charge in [-0.25, -0.2) is 4.98 Å². The Hall–Kier alpha value is -0.870. The summed E-state index contributed by atoms with van der Waals surface area (Å²) >= 11 is 0. The van der Waals surface area contributed by atoms with Crippen LogP contribution in [0.25, 0.3) is 0 Å². The number of nitrogens with one attached hydrogen (secondary N) is 1. The first kappa shape index (κ1) is 16.2. The van der Waals surface area contributed by atoms with E-state index in [0.717, 1.165) is 25.5 Å². The Labute approximate surface area is 118 Å². The topological polar surface area (TPSA) is 33.1 Å². The molecule has 0 aliphatic rings. The van der Waals surface area contributed by atoms with Gasteiger partial charge < -0.3 is 9.88 Å². The van der Waals surface area contributed by atoms with Gasteiger partial charge in [-0.3, -0.25) is 4.90 Å². The molecule has 0 aromatic carbocycles. The minimum absolute atomic E-state index is 0.584. The standard InChI is InChI=1S/C15H30N4/c1-6-7-14(11-16-10-13(2)3)19(5)12-15-17-8-9-18(15)4/h8-9,13-14,16H,6-7,10-12H2,1-5H3. The number of likely N-dealkylation sites (N-methyl/N-ethyl adjacent to an activating group) is 1. The predicted octanol–water partition coefficient (Wildman–Crippen LogP) is 2.27. The largest absolute Gasteiger partial charge is 0.337 e. The van der Waals surface area contributed by atoms with Crippen molar-refractivity contribution in [2.45, 2.75) is 46.2 Å². The van der Waals surface area contributed by atoms with E-state index in [4.69, 9.17) is 0 Å². The van der Waals surface area contributed by atoms with Gasteiger partial charge in [0.25, 0.3) is 0 Å². The lowest BCUT2D eigenvalue weighted by Gasteiger charge is -2.28. The number of aromatic nitrogens is 2. The summed E-state index contributed by atoms with van der Waals surface area (Å²) < 4.78 is 2.10. The SMILES string of the molecule is CCCC(CNCC(C)C)N(C)Cc1nccn1C. The van der Waals surface area contributed by atoms with E-state index >= 15 is 0 Å². The molecular formula is C15H30N4. The van der Waals surface area contributed by atoms with Crippen molar-refractivity contribution in [2.75, 3.05) is 20.1 Å². The van der Waals surface area contributed by atoms with Crippen molar-refractivity contribution in [3.63, 3.8) is 0 Å². The molecule has 1 aromatic rings. The fraction of sp³-hybridized carbons (Fsp3) is 0.800. The summed E-state index contributed by atoms with van der Waals surface area (Å²) in [4.78, 5) is 6.82. The molecule has 1 N–H and O–H groups in total. The molecule has 0 spiro atoms. The van der Waals surface area contributed by atoms with Crippen LogP contribution in [0.15, 0.2) is 12.4 Å². The molecule has 110 valence electrons. The molecule has 1 aromatic heterocycles. The molecule has 0 saturated carbocycles. The molecule has 0 aliphatic heterocycles. The van der Waals surface area contributed by atoms with Gasteiger partial charge in [-0.15, -0.1) is 0 Å². The van der Waals surface area contributed by atoms with E-state index in [2.05, 4.69) is 54.6 Å². The summed E-state index contributed by atoms with van der Waals surface area (Å²) in [5.74, 6) is 1.84. The molecule has 4 heteroatoms. The lowest BCUT2D eigenvalue weighted by Crippen LogP contribution is -2.41. The van der Waals surface area contributed by atoms with E-state index in [9.17, 15) is 0 Å². The normalized spacial score (nSPS) is 13.4. The first-order valence-corrected chi connectivity index (χ1v) is 7.41. The summed E-state index contributed by atoms with van der Waals surface area (Å²) in [6, 6.07) is 0.584. The third kappa shape index (κ3) is 5.74. The molecule has 0 bridgehead atoms. The summed E-state index contributed by atoms with van der Waals surface area (Å²) in [7, 11) is 4.26. The third-order valence-electron chi connectivity index (χ3n) is 3.49. The van der Waals surface area contributed by atoms with Crippen LogP contribution >= 0.6 is 0 Å².